The van der Waals surface area contributed by atoms with Crippen LogP contribution in [0.25, 0.3) is 0 Å². The Labute approximate surface area is 159 Å². The van der Waals surface area contributed by atoms with Crippen LogP contribution in [0.4, 0.5) is 5.69 Å². The van der Waals surface area contributed by atoms with E-state index in [0.29, 0.717) is 23.7 Å². The number of halogens is 1. The van der Waals surface area contributed by atoms with E-state index < -0.39 is 0 Å². The second-order valence-electron chi connectivity index (χ2n) is 6.61. The van der Waals surface area contributed by atoms with Gasteiger partial charge >= 0.3 is 0 Å². The van der Waals surface area contributed by atoms with Crippen LogP contribution in [0.15, 0.2) is 48.5 Å². The number of nitrogens with zero attached hydrogens (tertiary/aromatic N) is 2. The van der Waals surface area contributed by atoms with Gasteiger partial charge in [0.2, 0.25) is 5.91 Å². The molecule has 2 aromatic rings. The molecule has 1 saturated heterocycles. The average molecular weight is 371 g/mol. The van der Waals surface area contributed by atoms with Crippen LogP contribution < -0.4 is 4.90 Å². The summed E-state index contributed by atoms with van der Waals surface area (Å²) >= 11 is 6.05. The highest BCUT2D eigenvalue weighted by molar-refractivity contribution is 6.34. The lowest BCUT2D eigenvalue weighted by Gasteiger charge is -2.36. The molecule has 0 unspecified atom stereocenters. The third-order valence-corrected chi connectivity index (χ3v) is 5.07. The number of hydrogen-bond donors (Lipinski definition) is 0. The number of ketones is 1. The molecule has 1 aliphatic rings. The van der Waals surface area contributed by atoms with Gasteiger partial charge in [-0.05, 0) is 36.8 Å². The van der Waals surface area contributed by atoms with Gasteiger partial charge in [-0.1, -0.05) is 35.9 Å². The maximum atomic E-state index is 12.4. The number of carbonyl (C=O) groups excluding carboxylic acids is 2. The molecule has 2 aromatic carbocycles. The first-order chi connectivity index (χ1) is 12.5. The SMILES string of the molecule is Cc1cccc(N2CCN(C(=O)CCC(=O)c3ccccc3Cl)CC2)c1. The van der Waals surface area contributed by atoms with Crippen molar-refractivity contribution in [2.45, 2.75) is 19.8 Å². The molecule has 1 fully saturated rings. The fraction of sp³-hybridized carbons (Fsp3) is 0.333. The predicted octanol–water partition coefficient (Wildman–Crippen LogP) is 3.96. The van der Waals surface area contributed by atoms with E-state index in [-0.39, 0.29) is 24.5 Å². The summed E-state index contributed by atoms with van der Waals surface area (Å²) < 4.78 is 0. The van der Waals surface area contributed by atoms with Crippen LogP contribution in [-0.2, 0) is 4.79 Å². The number of piperazine rings is 1. The van der Waals surface area contributed by atoms with E-state index >= 15 is 0 Å². The van der Waals surface area contributed by atoms with E-state index in [1.807, 2.05) is 4.90 Å². The summed E-state index contributed by atoms with van der Waals surface area (Å²) in [5.41, 5.74) is 2.93. The van der Waals surface area contributed by atoms with Crippen LogP contribution in [0.1, 0.15) is 28.8 Å². The minimum Gasteiger partial charge on any atom is -0.368 e. The lowest BCUT2D eigenvalue weighted by molar-refractivity contribution is -0.131. The van der Waals surface area contributed by atoms with Crippen LogP contribution in [0.2, 0.25) is 5.02 Å². The Bertz CT molecular complexity index is 798. The van der Waals surface area contributed by atoms with Crippen molar-refractivity contribution >= 4 is 29.0 Å². The first kappa shape index (κ1) is 18.5. The zero-order valence-corrected chi connectivity index (χ0v) is 15.7. The number of Topliss-reactive ketones (excluding diaryl/α,β-unsaturated/α-hetero) is 1. The molecule has 0 saturated carbocycles. The number of amides is 1. The van der Waals surface area contributed by atoms with Crippen molar-refractivity contribution in [1.29, 1.82) is 0 Å². The fourth-order valence-electron chi connectivity index (χ4n) is 3.24. The van der Waals surface area contributed by atoms with Crippen LogP contribution in [0.5, 0.6) is 0 Å². The standard InChI is InChI=1S/C21H23ClN2O2/c1-16-5-4-6-17(15-16)23-11-13-24(14-12-23)21(26)10-9-20(25)18-7-2-3-8-19(18)22/h2-8,15H,9-14H2,1H3. The molecule has 5 heteroatoms. The van der Waals surface area contributed by atoms with E-state index in [4.69, 9.17) is 11.6 Å². The molecule has 0 N–H and O–H groups in total. The third-order valence-electron chi connectivity index (χ3n) is 4.74. The summed E-state index contributed by atoms with van der Waals surface area (Å²) in [6.07, 6.45) is 0.426. The molecule has 1 heterocycles. The van der Waals surface area contributed by atoms with Gasteiger partial charge in [0.15, 0.2) is 5.78 Å². The van der Waals surface area contributed by atoms with Crippen LogP contribution in [0.3, 0.4) is 0 Å². The Morgan fingerprint density at radius 1 is 0.962 bits per heavy atom. The van der Waals surface area contributed by atoms with Gasteiger partial charge in [-0.15, -0.1) is 0 Å². The second kappa shape index (κ2) is 8.37. The average Bonchev–Trinajstić information content (AvgIpc) is 2.66. The zero-order valence-electron chi connectivity index (χ0n) is 15.0. The number of rotatable bonds is 5. The Morgan fingerprint density at radius 3 is 2.38 bits per heavy atom. The maximum Gasteiger partial charge on any atom is 0.223 e. The first-order valence-corrected chi connectivity index (χ1v) is 9.29. The summed E-state index contributed by atoms with van der Waals surface area (Å²) in [5.74, 6) is -0.0448. The van der Waals surface area contributed by atoms with Gasteiger partial charge in [-0.3, -0.25) is 9.59 Å². The normalized spacial score (nSPS) is 14.4. The smallest absolute Gasteiger partial charge is 0.223 e. The van der Waals surface area contributed by atoms with E-state index in [1.54, 1.807) is 24.3 Å². The van der Waals surface area contributed by atoms with Crippen molar-refractivity contribution in [2.75, 3.05) is 31.1 Å². The zero-order chi connectivity index (χ0) is 18.5. The summed E-state index contributed by atoms with van der Waals surface area (Å²) in [7, 11) is 0. The van der Waals surface area contributed by atoms with E-state index in [1.165, 1.54) is 11.3 Å². The van der Waals surface area contributed by atoms with Gasteiger partial charge in [-0.2, -0.15) is 0 Å². The number of hydrogen-bond acceptors (Lipinski definition) is 3. The second-order valence-corrected chi connectivity index (χ2v) is 7.02. The van der Waals surface area contributed by atoms with Crippen molar-refractivity contribution in [2.24, 2.45) is 0 Å². The van der Waals surface area contributed by atoms with Gasteiger partial charge in [0.05, 0.1) is 5.02 Å². The fourth-order valence-corrected chi connectivity index (χ4v) is 3.48. The minimum atomic E-state index is -0.0812. The molecule has 0 radical (unpaired) electrons. The van der Waals surface area contributed by atoms with Gasteiger partial charge < -0.3 is 9.80 Å². The summed E-state index contributed by atoms with van der Waals surface area (Å²) in [6, 6.07) is 15.4. The number of carbonyl (C=O) groups is 2. The molecule has 26 heavy (non-hydrogen) atoms. The third kappa shape index (κ3) is 4.44. The summed E-state index contributed by atoms with van der Waals surface area (Å²) in [4.78, 5) is 28.8. The Morgan fingerprint density at radius 2 is 1.69 bits per heavy atom. The highest BCUT2D eigenvalue weighted by Gasteiger charge is 2.22. The van der Waals surface area contributed by atoms with Crippen molar-refractivity contribution in [3.63, 3.8) is 0 Å². The molecule has 0 bridgehead atoms. The molecule has 1 amide bonds. The number of benzene rings is 2. The largest absolute Gasteiger partial charge is 0.368 e. The quantitative estimate of drug-likeness (QED) is 0.748. The van der Waals surface area contributed by atoms with Crippen molar-refractivity contribution in [3.05, 3.63) is 64.7 Å². The van der Waals surface area contributed by atoms with Gasteiger partial charge in [-0.25, -0.2) is 0 Å². The van der Waals surface area contributed by atoms with Crippen LogP contribution in [0, 0.1) is 6.92 Å². The first-order valence-electron chi connectivity index (χ1n) is 8.92. The Hall–Kier alpha value is -2.33. The molecule has 0 aliphatic carbocycles. The maximum absolute atomic E-state index is 12.4. The van der Waals surface area contributed by atoms with Gasteiger partial charge in [0.25, 0.3) is 0 Å². The van der Waals surface area contributed by atoms with E-state index in [2.05, 4.69) is 36.1 Å². The predicted molar refractivity (Wildman–Crippen MR) is 105 cm³/mol. The van der Waals surface area contributed by atoms with E-state index in [0.717, 1.165) is 13.1 Å². The molecule has 0 aromatic heterocycles. The molecule has 0 spiro atoms. The van der Waals surface area contributed by atoms with Gasteiger partial charge in [0.1, 0.15) is 0 Å². The molecule has 3 rings (SSSR count). The van der Waals surface area contributed by atoms with Crippen molar-refractivity contribution in [3.8, 4) is 0 Å². The molecule has 1 aliphatic heterocycles. The van der Waals surface area contributed by atoms with Crippen molar-refractivity contribution < 1.29 is 9.59 Å². The summed E-state index contributed by atoms with van der Waals surface area (Å²) in [5, 5.41) is 0.441. The monoisotopic (exact) mass is 370 g/mol. The van der Waals surface area contributed by atoms with E-state index in [9.17, 15) is 9.59 Å². The highest BCUT2D eigenvalue weighted by Crippen LogP contribution is 2.20. The molecule has 0 atom stereocenters. The topological polar surface area (TPSA) is 40.6 Å². The Balaban J connectivity index is 1.49. The lowest BCUT2D eigenvalue weighted by Crippen LogP contribution is -2.48. The lowest BCUT2D eigenvalue weighted by atomic mass is 10.1. The van der Waals surface area contributed by atoms with Gasteiger partial charge in [0, 0.05) is 50.3 Å². The van der Waals surface area contributed by atoms with Crippen LogP contribution >= 0.6 is 11.6 Å². The number of aryl methyl sites for hydroxylation is 1. The molecule has 4 nitrogen and oxygen atoms in total. The Kier molecular flexibility index (Phi) is 5.94. The molecule has 136 valence electrons. The number of anilines is 1. The van der Waals surface area contributed by atoms with Crippen molar-refractivity contribution in [1.82, 2.24) is 4.90 Å². The van der Waals surface area contributed by atoms with Crippen LogP contribution in [-0.4, -0.2) is 42.8 Å². The molecular formula is C21H23ClN2O2. The molecular weight excluding hydrogens is 348 g/mol. The summed E-state index contributed by atoms with van der Waals surface area (Å²) in [6.45, 7) is 5.08. The highest BCUT2D eigenvalue weighted by atomic mass is 35.5. The minimum absolute atomic E-state index is 0.0364.